The van der Waals surface area contributed by atoms with Gasteiger partial charge in [-0.15, -0.1) is 11.3 Å². The molecule has 0 radical (unpaired) electrons. The molecule has 2 N–H and O–H groups in total. The first-order valence-electron chi connectivity index (χ1n) is 7.57. The van der Waals surface area contributed by atoms with E-state index in [1.807, 2.05) is 12.1 Å². The number of carbonyl (C=O) groups is 2. The van der Waals surface area contributed by atoms with Gasteiger partial charge in [0.2, 0.25) is 0 Å². The van der Waals surface area contributed by atoms with Gasteiger partial charge in [-0.25, -0.2) is 0 Å². The summed E-state index contributed by atoms with van der Waals surface area (Å²) in [6.45, 7) is 7.09. The number of benzene rings is 1. The lowest BCUT2D eigenvalue weighted by molar-refractivity contribution is -0.899. The van der Waals surface area contributed by atoms with Gasteiger partial charge < -0.3 is 10.2 Å². The van der Waals surface area contributed by atoms with Gasteiger partial charge >= 0.3 is 0 Å². The first kappa shape index (κ1) is 18.6. The van der Waals surface area contributed by atoms with Crippen molar-refractivity contribution in [2.75, 3.05) is 18.4 Å². The molecule has 2 rings (SSSR count). The molecule has 6 heteroatoms. The Morgan fingerprint density at radius 3 is 2.75 bits per heavy atom. The van der Waals surface area contributed by atoms with Crippen LogP contribution in [0, 0.1) is 0 Å². The van der Waals surface area contributed by atoms with Crippen LogP contribution in [0.15, 0.2) is 52.8 Å². The average molecular weight is 408 g/mol. The minimum absolute atomic E-state index is 0.0201. The fourth-order valence-electron chi connectivity index (χ4n) is 2.35. The van der Waals surface area contributed by atoms with Crippen LogP contribution in [-0.2, 0) is 11.3 Å². The van der Waals surface area contributed by atoms with Crippen LogP contribution >= 0.6 is 27.3 Å². The molecule has 0 aliphatic heterocycles. The molecule has 0 aliphatic carbocycles. The molecular formula is C18H20BrN2O2S+. The average Bonchev–Trinajstić information content (AvgIpc) is 2.92. The number of quaternary nitrogens is 1. The Kier molecular flexibility index (Phi) is 6.90. The number of halogens is 1. The van der Waals surface area contributed by atoms with Crippen molar-refractivity contribution in [2.45, 2.75) is 13.5 Å². The van der Waals surface area contributed by atoms with Crippen LogP contribution in [0.4, 0.5) is 5.69 Å². The Hall–Kier alpha value is -1.76. The highest BCUT2D eigenvalue weighted by Crippen LogP contribution is 2.21. The van der Waals surface area contributed by atoms with E-state index in [0.717, 1.165) is 15.2 Å². The Balaban J connectivity index is 1.98. The number of rotatable bonds is 8. The Morgan fingerprint density at radius 1 is 1.33 bits per heavy atom. The topological polar surface area (TPSA) is 50.6 Å². The molecule has 0 fully saturated rings. The number of ketones is 1. The molecule has 0 spiro atoms. The van der Waals surface area contributed by atoms with E-state index in [1.165, 1.54) is 11.8 Å². The van der Waals surface area contributed by atoms with Crippen molar-refractivity contribution in [3.63, 3.8) is 0 Å². The fourth-order valence-corrected chi connectivity index (χ4v) is 3.91. The van der Waals surface area contributed by atoms with E-state index in [1.54, 1.807) is 35.6 Å². The number of nitrogens with one attached hydrogen (secondary N) is 2. The van der Waals surface area contributed by atoms with E-state index in [-0.39, 0.29) is 11.7 Å². The van der Waals surface area contributed by atoms with Gasteiger partial charge in [-0.2, -0.15) is 0 Å². The van der Waals surface area contributed by atoms with Crippen molar-refractivity contribution in [2.24, 2.45) is 0 Å². The van der Waals surface area contributed by atoms with Crippen LogP contribution in [-0.4, -0.2) is 24.8 Å². The third-order valence-electron chi connectivity index (χ3n) is 3.45. The molecule has 1 aromatic carbocycles. The zero-order valence-electron chi connectivity index (χ0n) is 13.5. The molecule has 1 aromatic heterocycles. The molecule has 1 atom stereocenters. The number of carbonyl (C=O) groups excluding carboxylic acids is 2. The van der Waals surface area contributed by atoms with Crippen molar-refractivity contribution in [3.8, 4) is 0 Å². The normalized spacial score (nSPS) is 11.8. The van der Waals surface area contributed by atoms with Crippen molar-refractivity contribution in [1.29, 1.82) is 0 Å². The number of amides is 1. The van der Waals surface area contributed by atoms with Gasteiger partial charge in [0.25, 0.3) is 5.91 Å². The van der Waals surface area contributed by atoms with Crippen molar-refractivity contribution < 1.29 is 14.5 Å². The van der Waals surface area contributed by atoms with E-state index in [2.05, 4.69) is 33.9 Å². The molecule has 1 amide bonds. The highest BCUT2D eigenvalue weighted by atomic mass is 79.9. The van der Waals surface area contributed by atoms with E-state index >= 15 is 0 Å². The van der Waals surface area contributed by atoms with Gasteiger partial charge in [0, 0.05) is 11.3 Å². The van der Waals surface area contributed by atoms with Crippen LogP contribution in [0.3, 0.4) is 0 Å². The molecule has 0 aliphatic rings. The third kappa shape index (κ3) is 5.70. The summed E-state index contributed by atoms with van der Waals surface area (Å²) in [5, 5.41) is 2.86. The molecule has 1 unspecified atom stereocenters. The van der Waals surface area contributed by atoms with Gasteiger partial charge in [-0.3, -0.25) is 9.59 Å². The highest BCUT2D eigenvalue weighted by molar-refractivity contribution is 9.11. The lowest BCUT2D eigenvalue weighted by Crippen LogP contribution is -3.11. The minimum atomic E-state index is -0.0804. The van der Waals surface area contributed by atoms with Crippen molar-refractivity contribution in [1.82, 2.24) is 0 Å². The minimum Gasteiger partial charge on any atom is -0.321 e. The summed E-state index contributed by atoms with van der Waals surface area (Å²) < 4.78 is 1.08. The SMILES string of the molecule is C=CC[NH+](CC(=O)Nc1cccc(C(C)=O)c1)Cc1ccc(Br)s1. The van der Waals surface area contributed by atoms with Crippen LogP contribution < -0.4 is 10.2 Å². The van der Waals surface area contributed by atoms with Crippen molar-refractivity contribution >= 4 is 44.6 Å². The molecule has 126 valence electrons. The zero-order chi connectivity index (χ0) is 17.5. The van der Waals surface area contributed by atoms with Gasteiger partial charge in [-0.1, -0.05) is 18.7 Å². The van der Waals surface area contributed by atoms with Crippen LogP contribution in [0.1, 0.15) is 22.2 Å². The maximum absolute atomic E-state index is 12.3. The lowest BCUT2D eigenvalue weighted by Gasteiger charge is -2.16. The summed E-state index contributed by atoms with van der Waals surface area (Å²) >= 11 is 5.13. The number of thiophene rings is 1. The zero-order valence-corrected chi connectivity index (χ0v) is 15.9. The van der Waals surface area contributed by atoms with Crippen LogP contribution in [0.25, 0.3) is 0 Å². The summed E-state index contributed by atoms with van der Waals surface area (Å²) in [5.74, 6) is -0.101. The molecule has 24 heavy (non-hydrogen) atoms. The molecule has 2 aromatic rings. The summed E-state index contributed by atoms with van der Waals surface area (Å²) in [5.41, 5.74) is 1.23. The number of hydrogen-bond donors (Lipinski definition) is 2. The number of anilines is 1. The maximum atomic E-state index is 12.3. The second-order valence-electron chi connectivity index (χ2n) is 5.49. The number of hydrogen-bond acceptors (Lipinski definition) is 3. The summed E-state index contributed by atoms with van der Waals surface area (Å²) in [6.07, 6.45) is 1.82. The summed E-state index contributed by atoms with van der Waals surface area (Å²) in [6, 6.07) is 11.1. The Bertz CT molecular complexity index is 742. The largest absolute Gasteiger partial charge is 0.321 e. The van der Waals surface area contributed by atoms with Gasteiger partial charge in [-0.05, 0) is 53.2 Å². The van der Waals surface area contributed by atoms with Gasteiger partial charge in [0.05, 0.1) is 15.2 Å². The second-order valence-corrected chi connectivity index (χ2v) is 8.03. The monoisotopic (exact) mass is 407 g/mol. The lowest BCUT2D eigenvalue weighted by atomic mass is 10.1. The van der Waals surface area contributed by atoms with E-state index in [0.29, 0.717) is 24.3 Å². The first-order valence-corrected chi connectivity index (χ1v) is 9.18. The van der Waals surface area contributed by atoms with E-state index in [4.69, 9.17) is 0 Å². The van der Waals surface area contributed by atoms with Gasteiger partial charge in [0.1, 0.15) is 6.54 Å². The molecular weight excluding hydrogens is 388 g/mol. The standard InChI is InChI=1S/C18H19BrN2O2S/c1-3-9-21(11-16-7-8-17(19)24-16)12-18(23)20-15-6-4-5-14(10-15)13(2)22/h3-8,10H,1,9,11-12H2,2H3,(H,20,23)/p+1. The predicted octanol–water partition coefficient (Wildman–Crippen LogP) is 2.92. The highest BCUT2D eigenvalue weighted by Gasteiger charge is 2.15. The quantitative estimate of drug-likeness (QED) is 0.521. The van der Waals surface area contributed by atoms with Crippen LogP contribution in [0.5, 0.6) is 0 Å². The molecule has 4 nitrogen and oxygen atoms in total. The molecule has 0 saturated heterocycles. The fraction of sp³-hybridized carbons (Fsp3) is 0.222. The number of Topliss-reactive ketones (excluding diaryl/α,β-unsaturated/α-hetero) is 1. The Morgan fingerprint density at radius 2 is 2.12 bits per heavy atom. The maximum Gasteiger partial charge on any atom is 0.279 e. The van der Waals surface area contributed by atoms with Crippen molar-refractivity contribution in [3.05, 3.63) is 63.3 Å². The summed E-state index contributed by atoms with van der Waals surface area (Å²) in [4.78, 5) is 26.1. The summed E-state index contributed by atoms with van der Waals surface area (Å²) in [7, 11) is 0. The van der Waals surface area contributed by atoms with E-state index < -0.39 is 0 Å². The second kappa shape index (κ2) is 8.92. The molecule has 1 heterocycles. The third-order valence-corrected chi connectivity index (χ3v) is 5.07. The van der Waals surface area contributed by atoms with E-state index in [9.17, 15) is 9.59 Å². The molecule has 0 saturated carbocycles. The molecule has 0 bridgehead atoms. The predicted molar refractivity (Wildman–Crippen MR) is 102 cm³/mol. The first-order chi connectivity index (χ1) is 11.5. The van der Waals surface area contributed by atoms with Gasteiger partial charge in [0.15, 0.2) is 12.3 Å². The Labute approximate surface area is 154 Å². The van der Waals surface area contributed by atoms with Crippen LogP contribution in [0.2, 0.25) is 0 Å². The smallest absolute Gasteiger partial charge is 0.279 e.